The number of hydrogen-bond acceptors (Lipinski definition) is 7. The molecule has 0 aromatic rings. The van der Waals surface area contributed by atoms with E-state index in [0.717, 1.165) is 0 Å². The Morgan fingerprint density at radius 2 is 1.38 bits per heavy atom. The van der Waals surface area contributed by atoms with Crippen LogP contribution in [-0.2, 0) is 9.59 Å². The molecular weight excluding hydrogens is 220 g/mol. The molecule has 2 unspecified atom stereocenters. The Hall–Kier alpha value is -1.28. The summed E-state index contributed by atoms with van der Waals surface area (Å²) >= 11 is 0. The van der Waals surface area contributed by atoms with E-state index in [-0.39, 0.29) is 18.3 Å². The first-order chi connectivity index (χ1) is 7.35. The molecule has 96 valence electrons. The zero-order chi connectivity index (χ0) is 13.6. The molecule has 7 nitrogen and oxygen atoms in total. The number of aliphatic hydroxyl groups excluding tert-OH is 4. The second-order valence-electron chi connectivity index (χ2n) is 2.47. The first kappa shape index (κ1) is 20.2. The van der Waals surface area contributed by atoms with Crippen LogP contribution in [0.3, 0.4) is 0 Å². The maximum absolute atomic E-state index is 9.33. The highest BCUT2D eigenvalue weighted by molar-refractivity contribution is 5.55. The molecule has 0 fully saturated rings. The van der Waals surface area contributed by atoms with Crippen molar-refractivity contribution < 1.29 is 35.1 Å². The van der Waals surface area contributed by atoms with Gasteiger partial charge in [-0.05, 0) is 0 Å². The van der Waals surface area contributed by atoms with Crippen LogP contribution < -0.4 is 5.11 Å². The minimum Gasteiger partial charge on any atom is -0.876 e. The quantitative estimate of drug-likeness (QED) is 0.301. The lowest BCUT2D eigenvalue weighted by Gasteiger charge is -1.92. The van der Waals surface area contributed by atoms with E-state index < -0.39 is 25.4 Å². The van der Waals surface area contributed by atoms with Crippen molar-refractivity contribution in [3.63, 3.8) is 0 Å². The molecule has 0 rings (SSSR count). The van der Waals surface area contributed by atoms with Crippen molar-refractivity contribution in [1.29, 1.82) is 0 Å². The molecule has 0 saturated carbocycles. The van der Waals surface area contributed by atoms with Gasteiger partial charge in [-0.25, -0.2) is 0 Å². The van der Waals surface area contributed by atoms with E-state index in [1.165, 1.54) is 6.92 Å². The number of aldehydes is 2. The second kappa shape index (κ2) is 16.2. The van der Waals surface area contributed by atoms with Crippen molar-refractivity contribution in [3.8, 4) is 0 Å². The predicted octanol–water partition coefficient (Wildman–Crippen LogP) is -3.04. The molecule has 0 amide bonds. The largest absolute Gasteiger partial charge is 0.876 e. The van der Waals surface area contributed by atoms with Gasteiger partial charge < -0.3 is 35.1 Å². The Labute approximate surface area is 93.3 Å². The lowest BCUT2D eigenvalue weighted by Crippen LogP contribution is -2.12. The molecule has 2 atom stereocenters. The van der Waals surface area contributed by atoms with Crippen LogP contribution in [0.5, 0.6) is 0 Å². The predicted molar refractivity (Wildman–Crippen MR) is 53.1 cm³/mol. The van der Waals surface area contributed by atoms with E-state index in [1.54, 1.807) is 0 Å². The highest BCUT2D eigenvalue weighted by Crippen LogP contribution is 1.66. The molecule has 0 aromatic heterocycles. The van der Waals surface area contributed by atoms with Gasteiger partial charge in [-0.2, -0.15) is 0 Å². The monoisotopic (exact) mass is 237 g/mol. The maximum atomic E-state index is 9.33. The van der Waals surface area contributed by atoms with Crippen LogP contribution in [-0.4, -0.2) is 58.4 Å². The van der Waals surface area contributed by atoms with Crippen LogP contribution in [0.4, 0.5) is 0 Å². The van der Waals surface area contributed by atoms with Crippen molar-refractivity contribution >= 4 is 12.6 Å². The first-order valence-corrected chi connectivity index (χ1v) is 4.16. The third-order valence-electron chi connectivity index (χ3n) is 0.688. The van der Waals surface area contributed by atoms with Crippen LogP contribution in [0.25, 0.3) is 0 Å². The fraction of sp³-hybridized carbons (Fsp3) is 0.556. The number of carbonyl (C=O) groups is 2. The molecular formula is C9H17O7-. The second-order valence-corrected chi connectivity index (χ2v) is 2.47. The normalized spacial score (nSPS) is 11.8. The average Bonchev–Trinajstić information content (AvgIpc) is 2.26. The Morgan fingerprint density at radius 1 is 1.19 bits per heavy atom. The summed E-state index contributed by atoms with van der Waals surface area (Å²) in [4.78, 5) is 18.7. The summed E-state index contributed by atoms with van der Waals surface area (Å²) in [6.45, 7) is 3.45. The van der Waals surface area contributed by atoms with Crippen LogP contribution >= 0.6 is 0 Å². The fourth-order valence-corrected chi connectivity index (χ4v) is 0.0861. The number of hydrogen-bond donors (Lipinski definition) is 4. The van der Waals surface area contributed by atoms with Gasteiger partial charge in [0.15, 0.2) is 12.6 Å². The van der Waals surface area contributed by atoms with Gasteiger partial charge in [-0.3, -0.25) is 0 Å². The van der Waals surface area contributed by atoms with E-state index in [2.05, 4.69) is 6.58 Å². The van der Waals surface area contributed by atoms with E-state index in [0.29, 0.717) is 0 Å². The molecule has 0 saturated heterocycles. The minimum absolute atomic E-state index is 0.0833. The summed E-state index contributed by atoms with van der Waals surface area (Å²) in [5.41, 5.74) is 0. The SMILES string of the molecule is C=C(C)[O-].O=CC(O)CO.O=CC(O)CO. The molecule has 0 spiro atoms. The van der Waals surface area contributed by atoms with Crippen molar-refractivity contribution in [2.45, 2.75) is 19.1 Å². The summed E-state index contributed by atoms with van der Waals surface area (Å²) in [6.07, 6.45) is -1.82. The van der Waals surface area contributed by atoms with Crippen LogP contribution in [0, 0.1) is 0 Å². The van der Waals surface area contributed by atoms with Gasteiger partial charge in [0.05, 0.1) is 13.2 Å². The van der Waals surface area contributed by atoms with Crippen LogP contribution in [0.2, 0.25) is 0 Å². The Morgan fingerprint density at radius 3 is 1.38 bits per heavy atom. The molecule has 0 bridgehead atoms. The fourth-order valence-electron chi connectivity index (χ4n) is 0.0861. The van der Waals surface area contributed by atoms with E-state index in [9.17, 15) is 14.7 Å². The van der Waals surface area contributed by atoms with Crippen molar-refractivity contribution in [2.24, 2.45) is 0 Å². The maximum Gasteiger partial charge on any atom is 0.150 e. The number of aliphatic hydroxyl groups is 4. The summed E-state index contributed by atoms with van der Waals surface area (Å²) in [6, 6.07) is 0. The summed E-state index contributed by atoms with van der Waals surface area (Å²) in [5.74, 6) is -0.0833. The lowest BCUT2D eigenvalue weighted by atomic mass is 10.4. The van der Waals surface area contributed by atoms with Gasteiger partial charge in [-0.1, -0.05) is 6.92 Å². The third kappa shape index (κ3) is 38.7. The van der Waals surface area contributed by atoms with Gasteiger partial charge in [0.2, 0.25) is 0 Å². The summed E-state index contributed by atoms with van der Waals surface area (Å²) in [5, 5.41) is 41.1. The minimum atomic E-state index is -1.19. The molecule has 16 heavy (non-hydrogen) atoms. The first-order valence-electron chi connectivity index (χ1n) is 4.16. The van der Waals surface area contributed by atoms with Crippen molar-refractivity contribution in [2.75, 3.05) is 13.2 Å². The van der Waals surface area contributed by atoms with Crippen molar-refractivity contribution in [3.05, 3.63) is 12.3 Å². The Kier molecular flexibility index (Phi) is 20.4. The highest BCUT2D eigenvalue weighted by Gasteiger charge is 1.93. The van der Waals surface area contributed by atoms with Crippen LogP contribution in [0.1, 0.15) is 6.92 Å². The molecule has 0 aromatic carbocycles. The summed E-state index contributed by atoms with van der Waals surface area (Å²) in [7, 11) is 0. The van der Waals surface area contributed by atoms with Gasteiger partial charge in [0.25, 0.3) is 0 Å². The number of rotatable bonds is 4. The van der Waals surface area contributed by atoms with Gasteiger partial charge >= 0.3 is 0 Å². The van der Waals surface area contributed by atoms with E-state index >= 15 is 0 Å². The Bertz CT molecular complexity index is 163. The van der Waals surface area contributed by atoms with Crippen molar-refractivity contribution in [1.82, 2.24) is 0 Å². The molecule has 7 heteroatoms. The van der Waals surface area contributed by atoms with E-state index in [1.807, 2.05) is 0 Å². The molecule has 0 heterocycles. The third-order valence-corrected chi connectivity index (χ3v) is 0.688. The number of allylic oxidation sites excluding steroid dienone is 1. The smallest absolute Gasteiger partial charge is 0.150 e. The van der Waals surface area contributed by atoms with Gasteiger partial charge in [0.1, 0.15) is 12.2 Å². The summed E-state index contributed by atoms with van der Waals surface area (Å²) < 4.78 is 0. The zero-order valence-corrected chi connectivity index (χ0v) is 8.94. The molecule has 0 aliphatic rings. The lowest BCUT2D eigenvalue weighted by molar-refractivity contribution is -0.300. The van der Waals surface area contributed by atoms with E-state index in [4.69, 9.17) is 20.4 Å². The molecule has 0 aliphatic carbocycles. The van der Waals surface area contributed by atoms with Gasteiger partial charge in [0, 0.05) is 0 Å². The van der Waals surface area contributed by atoms with Crippen LogP contribution in [0.15, 0.2) is 12.3 Å². The molecule has 0 aliphatic heterocycles. The number of carbonyl (C=O) groups excluding carboxylic acids is 2. The Balaban J connectivity index is -0.000000162. The standard InChI is InChI=1S/2C3H6O3.C3H6O/c2*4-1-3(6)2-5;1-3(2)4/h2*1,3,5-6H,2H2;4H,1H2,2H3/p-1. The molecule has 4 N–H and O–H groups in total. The topological polar surface area (TPSA) is 138 Å². The molecule has 0 radical (unpaired) electrons. The van der Waals surface area contributed by atoms with Gasteiger partial charge in [-0.15, -0.1) is 12.3 Å². The zero-order valence-electron chi connectivity index (χ0n) is 8.94. The average molecular weight is 237 g/mol. The highest BCUT2D eigenvalue weighted by atomic mass is 16.3.